The van der Waals surface area contributed by atoms with E-state index in [1.807, 2.05) is 30.3 Å². The van der Waals surface area contributed by atoms with Crippen LogP contribution in [0.25, 0.3) is 0 Å². The molecule has 2 atom stereocenters. The van der Waals surface area contributed by atoms with E-state index in [4.69, 9.17) is 0 Å². The molecule has 1 fully saturated rings. The number of carbonyl (C=O) groups excluding carboxylic acids is 2. The maximum atomic E-state index is 11.9. The second kappa shape index (κ2) is 6.52. The van der Waals surface area contributed by atoms with Crippen molar-refractivity contribution in [3.63, 3.8) is 0 Å². The Bertz CT molecular complexity index is 698. The summed E-state index contributed by atoms with van der Waals surface area (Å²) in [6, 6.07) is 16.0. The van der Waals surface area contributed by atoms with Gasteiger partial charge in [-0.15, -0.1) is 0 Å². The lowest BCUT2D eigenvalue weighted by atomic mass is 10.2. The molecule has 1 aliphatic rings. The first-order valence-electron chi connectivity index (χ1n) is 7.66. The minimum atomic E-state index is -0.306. The highest BCUT2D eigenvalue weighted by atomic mass is 16.2. The number of nitrogens with one attached hydrogen (secondary N) is 3. The van der Waals surface area contributed by atoms with Gasteiger partial charge in [-0.1, -0.05) is 25.1 Å². The van der Waals surface area contributed by atoms with Crippen LogP contribution in [0.15, 0.2) is 54.6 Å². The zero-order valence-electron chi connectivity index (χ0n) is 12.9. The molecule has 23 heavy (non-hydrogen) atoms. The summed E-state index contributed by atoms with van der Waals surface area (Å²) in [7, 11) is 0. The summed E-state index contributed by atoms with van der Waals surface area (Å²) in [5, 5.41) is 8.38. The van der Waals surface area contributed by atoms with Crippen LogP contribution in [0.2, 0.25) is 0 Å². The average molecular weight is 309 g/mol. The van der Waals surface area contributed by atoms with Gasteiger partial charge in [0.1, 0.15) is 0 Å². The molecule has 5 nitrogen and oxygen atoms in total. The van der Waals surface area contributed by atoms with Gasteiger partial charge in [0.25, 0.3) is 0 Å². The Kier molecular flexibility index (Phi) is 4.28. The number of carbonyl (C=O) groups is 2. The van der Waals surface area contributed by atoms with Crippen LogP contribution in [0, 0.1) is 11.8 Å². The first-order chi connectivity index (χ1) is 11.1. The first-order valence-corrected chi connectivity index (χ1v) is 7.66. The average Bonchev–Trinajstić information content (AvgIpc) is 3.27. The Morgan fingerprint density at radius 1 is 0.826 bits per heavy atom. The topological polar surface area (TPSA) is 70.2 Å². The van der Waals surface area contributed by atoms with Crippen molar-refractivity contribution < 1.29 is 9.59 Å². The van der Waals surface area contributed by atoms with Gasteiger partial charge in [0.05, 0.1) is 0 Å². The van der Waals surface area contributed by atoms with E-state index < -0.39 is 0 Å². The van der Waals surface area contributed by atoms with Crippen molar-refractivity contribution in [1.82, 2.24) is 0 Å². The molecule has 5 heteroatoms. The predicted octanol–water partition coefficient (Wildman–Crippen LogP) is 3.93. The molecule has 3 N–H and O–H groups in total. The van der Waals surface area contributed by atoms with Crippen molar-refractivity contribution in [2.45, 2.75) is 13.3 Å². The molecule has 0 bridgehead atoms. The third-order valence-electron chi connectivity index (χ3n) is 3.89. The SMILES string of the molecule is CC1CC1C(=O)Nc1ccc(NC(=O)Nc2ccccc2)cc1. The monoisotopic (exact) mass is 309 g/mol. The molecule has 0 spiro atoms. The molecule has 0 heterocycles. The highest BCUT2D eigenvalue weighted by Gasteiger charge is 2.38. The van der Waals surface area contributed by atoms with E-state index in [0.717, 1.165) is 17.8 Å². The van der Waals surface area contributed by atoms with Crippen LogP contribution in [0.5, 0.6) is 0 Å². The van der Waals surface area contributed by atoms with Gasteiger partial charge < -0.3 is 16.0 Å². The Labute approximate surface area is 135 Å². The maximum Gasteiger partial charge on any atom is 0.323 e. The lowest BCUT2D eigenvalue weighted by molar-refractivity contribution is -0.117. The minimum Gasteiger partial charge on any atom is -0.326 e. The summed E-state index contributed by atoms with van der Waals surface area (Å²) in [4.78, 5) is 23.7. The van der Waals surface area contributed by atoms with Crippen LogP contribution >= 0.6 is 0 Å². The molecular weight excluding hydrogens is 290 g/mol. The smallest absolute Gasteiger partial charge is 0.323 e. The summed E-state index contributed by atoms with van der Waals surface area (Å²) in [6.45, 7) is 2.07. The number of hydrogen-bond acceptors (Lipinski definition) is 2. The third kappa shape index (κ3) is 4.10. The van der Waals surface area contributed by atoms with Crippen molar-refractivity contribution in [2.75, 3.05) is 16.0 Å². The maximum absolute atomic E-state index is 11.9. The number of anilines is 3. The van der Waals surface area contributed by atoms with E-state index in [1.54, 1.807) is 24.3 Å². The molecule has 2 aromatic carbocycles. The van der Waals surface area contributed by atoms with Crippen molar-refractivity contribution in [3.8, 4) is 0 Å². The van der Waals surface area contributed by atoms with Gasteiger partial charge in [-0.2, -0.15) is 0 Å². The van der Waals surface area contributed by atoms with Crippen molar-refractivity contribution in [3.05, 3.63) is 54.6 Å². The van der Waals surface area contributed by atoms with Crippen LogP contribution in [0.3, 0.4) is 0 Å². The number of urea groups is 1. The van der Waals surface area contributed by atoms with E-state index in [-0.39, 0.29) is 17.9 Å². The Morgan fingerprint density at radius 3 is 1.83 bits per heavy atom. The van der Waals surface area contributed by atoms with E-state index in [9.17, 15) is 9.59 Å². The summed E-state index contributed by atoms with van der Waals surface area (Å²) >= 11 is 0. The van der Waals surface area contributed by atoms with Gasteiger partial charge >= 0.3 is 6.03 Å². The second-order valence-corrected chi connectivity index (χ2v) is 5.83. The fourth-order valence-electron chi connectivity index (χ4n) is 2.37. The zero-order chi connectivity index (χ0) is 16.2. The van der Waals surface area contributed by atoms with Gasteiger partial charge in [0, 0.05) is 23.0 Å². The van der Waals surface area contributed by atoms with Gasteiger partial charge in [0.15, 0.2) is 0 Å². The van der Waals surface area contributed by atoms with Gasteiger partial charge in [-0.05, 0) is 48.7 Å². The lowest BCUT2D eigenvalue weighted by Gasteiger charge is -2.09. The fourth-order valence-corrected chi connectivity index (χ4v) is 2.37. The summed E-state index contributed by atoms with van der Waals surface area (Å²) in [5.41, 5.74) is 2.13. The molecule has 0 radical (unpaired) electrons. The Morgan fingerprint density at radius 2 is 1.30 bits per heavy atom. The summed E-state index contributed by atoms with van der Waals surface area (Å²) in [5.74, 6) is 0.696. The molecule has 1 aliphatic carbocycles. The normalized spacial score (nSPS) is 18.8. The Hall–Kier alpha value is -2.82. The molecule has 3 rings (SSSR count). The standard InChI is InChI=1S/C18H19N3O2/c1-12-11-16(12)17(22)19-14-7-9-15(10-8-14)21-18(23)20-13-5-3-2-4-6-13/h2-10,12,16H,11H2,1H3,(H,19,22)(H2,20,21,23). The van der Waals surface area contributed by atoms with Gasteiger partial charge in [0.2, 0.25) is 5.91 Å². The molecular formula is C18H19N3O2. The molecule has 118 valence electrons. The van der Waals surface area contributed by atoms with Gasteiger partial charge in [-0.3, -0.25) is 4.79 Å². The number of para-hydroxylation sites is 1. The number of amides is 3. The third-order valence-corrected chi connectivity index (χ3v) is 3.89. The fraction of sp³-hybridized carbons (Fsp3) is 0.222. The van der Waals surface area contributed by atoms with E-state index in [0.29, 0.717) is 11.6 Å². The van der Waals surface area contributed by atoms with Crippen LogP contribution in [0.1, 0.15) is 13.3 Å². The summed E-state index contributed by atoms with van der Waals surface area (Å²) in [6.07, 6.45) is 0.963. The zero-order valence-corrected chi connectivity index (χ0v) is 12.9. The second-order valence-electron chi connectivity index (χ2n) is 5.83. The quantitative estimate of drug-likeness (QED) is 0.801. The Balaban J connectivity index is 1.53. The van der Waals surface area contributed by atoms with Crippen LogP contribution < -0.4 is 16.0 Å². The van der Waals surface area contributed by atoms with Crippen LogP contribution in [0.4, 0.5) is 21.9 Å². The number of benzene rings is 2. The van der Waals surface area contributed by atoms with E-state index in [2.05, 4.69) is 22.9 Å². The molecule has 3 amide bonds. The highest BCUT2D eigenvalue weighted by Crippen LogP contribution is 2.38. The van der Waals surface area contributed by atoms with Gasteiger partial charge in [-0.25, -0.2) is 4.79 Å². The number of rotatable bonds is 4. The van der Waals surface area contributed by atoms with E-state index >= 15 is 0 Å². The highest BCUT2D eigenvalue weighted by molar-refractivity contribution is 6.00. The van der Waals surface area contributed by atoms with Crippen LogP contribution in [-0.2, 0) is 4.79 Å². The molecule has 1 saturated carbocycles. The predicted molar refractivity (Wildman–Crippen MR) is 91.4 cm³/mol. The first kappa shape index (κ1) is 15.1. The van der Waals surface area contributed by atoms with Crippen LogP contribution in [-0.4, -0.2) is 11.9 Å². The molecule has 0 aromatic heterocycles. The summed E-state index contributed by atoms with van der Waals surface area (Å²) < 4.78 is 0. The lowest BCUT2D eigenvalue weighted by Crippen LogP contribution is -2.19. The number of hydrogen-bond donors (Lipinski definition) is 3. The van der Waals surface area contributed by atoms with Crippen molar-refractivity contribution >= 4 is 29.0 Å². The molecule has 0 saturated heterocycles. The molecule has 0 aliphatic heterocycles. The van der Waals surface area contributed by atoms with Crippen molar-refractivity contribution in [1.29, 1.82) is 0 Å². The largest absolute Gasteiger partial charge is 0.326 e. The molecule has 2 aromatic rings. The van der Waals surface area contributed by atoms with E-state index in [1.165, 1.54) is 0 Å². The molecule has 2 unspecified atom stereocenters. The van der Waals surface area contributed by atoms with Crippen molar-refractivity contribution in [2.24, 2.45) is 11.8 Å². The minimum absolute atomic E-state index is 0.0695.